The van der Waals surface area contributed by atoms with Crippen LogP contribution in [0, 0.1) is 0 Å². The minimum Gasteiger partial charge on any atom is -0.468 e. The van der Waals surface area contributed by atoms with Gasteiger partial charge in [0.15, 0.2) is 0 Å². The molecule has 0 atom stereocenters. The minimum absolute atomic E-state index is 0.0281. The fourth-order valence-corrected chi connectivity index (χ4v) is 3.90. The summed E-state index contributed by atoms with van der Waals surface area (Å²) in [7, 11) is 0. The monoisotopic (exact) mass is 378 g/mol. The number of amides is 1. The summed E-state index contributed by atoms with van der Waals surface area (Å²) in [6.07, 6.45) is 6.77. The standard InChI is InChI=1S/C23H26N2O3/c26-22(24-18-23(11-6-12-23)19-7-2-1-3-8-19)17-25(15-20-9-4-13-27-20)16-21-10-5-14-28-21/h1-5,7-10,13-14H,6,11-12,15-18H2,(H,24,26). The molecule has 0 bridgehead atoms. The molecule has 3 aromatic rings. The van der Waals surface area contributed by atoms with Crippen molar-refractivity contribution in [2.45, 2.75) is 37.8 Å². The van der Waals surface area contributed by atoms with Gasteiger partial charge in [0.2, 0.25) is 5.91 Å². The van der Waals surface area contributed by atoms with Crippen molar-refractivity contribution in [1.29, 1.82) is 0 Å². The molecule has 0 radical (unpaired) electrons. The highest BCUT2D eigenvalue weighted by Gasteiger charge is 2.38. The van der Waals surface area contributed by atoms with Gasteiger partial charge in [0.25, 0.3) is 0 Å². The number of nitrogens with one attached hydrogen (secondary N) is 1. The maximum atomic E-state index is 12.7. The Morgan fingerprint density at radius 3 is 2.07 bits per heavy atom. The van der Waals surface area contributed by atoms with E-state index in [9.17, 15) is 4.79 Å². The Kier molecular flexibility index (Phi) is 5.63. The minimum atomic E-state index is 0.0281. The van der Waals surface area contributed by atoms with Crippen LogP contribution in [0.25, 0.3) is 0 Å². The van der Waals surface area contributed by atoms with E-state index in [1.165, 1.54) is 12.0 Å². The van der Waals surface area contributed by atoms with Crippen LogP contribution in [0.15, 0.2) is 76.0 Å². The van der Waals surface area contributed by atoms with E-state index in [4.69, 9.17) is 8.83 Å². The number of carbonyl (C=O) groups is 1. The lowest BCUT2D eigenvalue weighted by molar-refractivity contribution is -0.123. The van der Waals surface area contributed by atoms with E-state index in [1.54, 1.807) is 12.5 Å². The molecule has 2 heterocycles. The molecule has 1 saturated carbocycles. The van der Waals surface area contributed by atoms with Crippen LogP contribution in [0.1, 0.15) is 36.3 Å². The van der Waals surface area contributed by atoms with Crippen LogP contribution in [-0.4, -0.2) is 23.9 Å². The first-order valence-corrected chi connectivity index (χ1v) is 9.83. The van der Waals surface area contributed by atoms with Crippen LogP contribution in [0.2, 0.25) is 0 Å². The molecule has 1 aromatic carbocycles. The first-order chi connectivity index (χ1) is 13.7. The van der Waals surface area contributed by atoms with Gasteiger partial charge in [0.05, 0.1) is 32.2 Å². The molecular weight excluding hydrogens is 352 g/mol. The molecule has 146 valence electrons. The second kappa shape index (κ2) is 8.48. The third-order valence-electron chi connectivity index (χ3n) is 5.61. The average Bonchev–Trinajstić information content (AvgIpc) is 3.36. The molecule has 1 aliphatic carbocycles. The largest absolute Gasteiger partial charge is 0.468 e. The van der Waals surface area contributed by atoms with Gasteiger partial charge in [-0.25, -0.2) is 0 Å². The van der Waals surface area contributed by atoms with Crippen molar-refractivity contribution in [1.82, 2.24) is 10.2 Å². The van der Waals surface area contributed by atoms with Gasteiger partial charge in [-0.05, 0) is 42.7 Å². The number of benzene rings is 1. The molecule has 4 rings (SSSR count). The van der Waals surface area contributed by atoms with Crippen LogP contribution in [0.5, 0.6) is 0 Å². The van der Waals surface area contributed by atoms with Crippen molar-refractivity contribution in [2.24, 2.45) is 0 Å². The van der Waals surface area contributed by atoms with E-state index >= 15 is 0 Å². The molecule has 1 N–H and O–H groups in total. The zero-order chi connectivity index (χ0) is 19.2. The lowest BCUT2D eigenvalue weighted by Crippen LogP contribution is -2.47. The number of rotatable bonds is 9. The average molecular weight is 378 g/mol. The number of hydrogen-bond donors (Lipinski definition) is 1. The van der Waals surface area contributed by atoms with Gasteiger partial charge in [-0.15, -0.1) is 0 Å². The van der Waals surface area contributed by atoms with Gasteiger partial charge in [-0.2, -0.15) is 0 Å². The molecule has 1 aliphatic rings. The fourth-order valence-electron chi connectivity index (χ4n) is 3.90. The topological polar surface area (TPSA) is 58.6 Å². The van der Waals surface area contributed by atoms with E-state index < -0.39 is 0 Å². The maximum Gasteiger partial charge on any atom is 0.234 e. The molecule has 5 heteroatoms. The molecule has 1 fully saturated rings. The molecular formula is C23H26N2O3. The van der Waals surface area contributed by atoms with Gasteiger partial charge in [0, 0.05) is 12.0 Å². The SMILES string of the molecule is O=C(CN(Cc1ccco1)Cc1ccco1)NCC1(c2ccccc2)CCC1. The van der Waals surface area contributed by atoms with Gasteiger partial charge < -0.3 is 14.2 Å². The normalized spacial score (nSPS) is 15.3. The second-order valence-corrected chi connectivity index (χ2v) is 7.58. The number of carbonyl (C=O) groups excluding carboxylic acids is 1. The quantitative estimate of drug-likeness (QED) is 0.609. The summed E-state index contributed by atoms with van der Waals surface area (Å²) in [6, 6.07) is 18.1. The van der Waals surface area contributed by atoms with Crippen LogP contribution >= 0.6 is 0 Å². The molecule has 5 nitrogen and oxygen atoms in total. The summed E-state index contributed by atoms with van der Waals surface area (Å²) in [4.78, 5) is 14.7. The molecule has 1 amide bonds. The smallest absolute Gasteiger partial charge is 0.234 e. The summed E-state index contributed by atoms with van der Waals surface area (Å²) in [5.41, 5.74) is 1.41. The van der Waals surface area contributed by atoms with Crippen molar-refractivity contribution in [2.75, 3.05) is 13.1 Å². The van der Waals surface area contributed by atoms with E-state index in [1.807, 2.05) is 35.2 Å². The zero-order valence-electron chi connectivity index (χ0n) is 16.0. The van der Waals surface area contributed by atoms with Gasteiger partial charge in [0.1, 0.15) is 11.5 Å². The second-order valence-electron chi connectivity index (χ2n) is 7.58. The van der Waals surface area contributed by atoms with Gasteiger partial charge in [-0.1, -0.05) is 36.8 Å². The van der Waals surface area contributed by atoms with Crippen molar-refractivity contribution in [3.05, 3.63) is 84.2 Å². The lowest BCUT2D eigenvalue weighted by atomic mass is 9.64. The highest BCUT2D eigenvalue weighted by atomic mass is 16.3. The maximum absolute atomic E-state index is 12.7. The third kappa shape index (κ3) is 4.37. The first-order valence-electron chi connectivity index (χ1n) is 9.83. The summed E-state index contributed by atoms with van der Waals surface area (Å²) in [5, 5.41) is 3.17. The number of hydrogen-bond acceptors (Lipinski definition) is 4. The number of nitrogens with zero attached hydrogens (tertiary/aromatic N) is 1. The summed E-state index contributed by atoms with van der Waals surface area (Å²) in [5.74, 6) is 1.69. The molecule has 0 spiro atoms. The first kappa shape index (κ1) is 18.6. The van der Waals surface area contributed by atoms with Crippen molar-refractivity contribution < 1.29 is 13.6 Å². The number of furan rings is 2. The Labute approximate surface area is 165 Å². The van der Waals surface area contributed by atoms with Crippen LogP contribution in [0.3, 0.4) is 0 Å². The third-order valence-corrected chi connectivity index (χ3v) is 5.61. The van der Waals surface area contributed by atoms with Crippen LogP contribution < -0.4 is 5.32 Å². The Morgan fingerprint density at radius 2 is 1.57 bits per heavy atom. The molecule has 0 aliphatic heterocycles. The molecule has 2 aromatic heterocycles. The predicted octanol–water partition coefficient (Wildman–Crippen LogP) is 4.11. The Bertz CT molecular complexity index is 816. The summed E-state index contributed by atoms with van der Waals surface area (Å²) >= 11 is 0. The Hall–Kier alpha value is -2.79. The summed E-state index contributed by atoms with van der Waals surface area (Å²) < 4.78 is 10.9. The lowest BCUT2D eigenvalue weighted by Gasteiger charge is -2.42. The van der Waals surface area contributed by atoms with E-state index in [0.29, 0.717) is 26.2 Å². The Morgan fingerprint density at radius 1 is 0.929 bits per heavy atom. The molecule has 28 heavy (non-hydrogen) atoms. The van der Waals surface area contributed by atoms with Crippen molar-refractivity contribution >= 4 is 5.91 Å². The van der Waals surface area contributed by atoms with Crippen molar-refractivity contribution in [3.63, 3.8) is 0 Å². The van der Waals surface area contributed by atoms with E-state index in [2.05, 4.69) is 29.6 Å². The van der Waals surface area contributed by atoms with Crippen LogP contribution in [0.4, 0.5) is 0 Å². The van der Waals surface area contributed by atoms with E-state index in [0.717, 1.165) is 24.4 Å². The highest BCUT2D eigenvalue weighted by Crippen LogP contribution is 2.43. The summed E-state index contributed by atoms with van der Waals surface area (Å²) in [6.45, 7) is 2.10. The molecule has 0 unspecified atom stereocenters. The fraction of sp³-hybridized carbons (Fsp3) is 0.348. The van der Waals surface area contributed by atoms with Gasteiger partial charge >= 0.3 is 0 Å². The Balaban J connectivity index is 1.37. The predicted molar refractivity (Wildman–Crippen MR) is 107 cm³/mol. The van der Waals surface area contributed by atoms with Gasteiger partial charge in [-0.3, -0.25) is 9.69 Å². The van der Waals surface area contributed by atoms with Crippen LogP contribution in [-0.2, 0) is 23.3 Å². The highest BCUT2D eigenvalue weighted by molar-refractivity contribution is 5.78. The zero-order valence-corrected chi connectivity index (χ0v) is 16.0. The molecule has 0 saturated heterocycles. The van der Waals surface area contributed by atoms with Crippen molar-refractivity contribution in [3.8, 4) is 0 Å². The van der Waals surface area contributed by atoms with E-state index in [-0.39, 0.29) is 11.3 Å².